The minimum Gasteiger partial charge on any atom is -0.872 e. The number of ketones is 1. The number of benzene rings is 1. The summed E-state index contributed by atoms with van der Waals surface area (Å²) in [4.78, 5) is 22.2. The van der Waals surface area contributed by atoms with Crippen LogP contribution in [0, 0.1) is 5.82 Å². The summed E-state index contributed by atoms with van der Waals surface area (Å²) >= 11 is 0. The third-order valence-corrected chi connectivity index (χ3v) is 2.30. The van der Waals surface area contributed by atoms with E-state index < -0.39 is 40.6 Å². The molecule has 0 aliphatic carbocycles. The van der Waals surface area contributed by atoms with Crippen LogP contribution in [0.25, 0.3) is 5.76 Å². The first-order chi connectivity index (χ1) is 9.66. The van der Waals surface area contributed by atoms with Crippen molar-refractivity contribution in [2.75, 3.05) is 6.61 Å². The number of ether oxygens (including phenoxy) is 1. The number of alkyl halides is 3. The SMILES string of the molecule is CCOC(=O)C(=O)/C=C(/[O-])c1ccc(C(F)(F)F)c(F)c1.[Li+]. The Morgan fingerprint density at radius 3 is 2.36 bits per heavy atom. The van der Waals surface area contributed by atoms with Gasteiger partial charge in [0.25, 0.3) is 5.78 Å². The van der Waals surface area contributed by atoms with Crippen LogP contribution in [0.1, 0.15) is 18.1 Å². The maximum Gasteiger partial charge on any atom is 1.00 e. The average molecular weight is 312 g/mol. The molecule has 114 valence electrons. The van der Waals surface area contributed by atoms with Crippen molar-refractivity contribution in [1.82, 2.24) is 0 Å². The largest absolute Gasteiger partial charge is 1.00 e. The van der Waals surface area contributed by atoms with Gasteiger partial charge >= 0.3 is 31.0 Å². The van der Waals surface area contributed by atoms with Gasteiger partial charge < -0.3 is 9.84 Å². The summed E-state index contributed by atoms with van der Waals surface area (Å²) < 4.78 is 54.6. The van der Waals surface area contributed by atoms with E-state index in [1.165, 1.54) is 6.92 Å². The fraction of sp³-hybridized carbons (Fsp3) is 0.231. The second kappa shape index (κ2) is 8.01. The van der Waals surface area contributed by atoms with Gasteiger partial charge in [-0.25, -0.2) is 9.18 Å². The van der Waals surface area contributed by atoms with E-state index in [9.17, 15) is 32.3 Å². The third kappa shape index (κ3) is 5.20. The van der Waals surface area contributed by atoms with Crippen LogP contribution in [0.15, 0.2) is 24.3 Å². The van der Waals surface area contributed by atoms with E-state index in [0.717, 1.165) is 0 Å². The van der Waals surface area contributed by atoms with Crippen LogP contribution >= 0.6 is 0 Å². The van der Waals surface area contributed by atoms with Crippen LogP contribution in [0.4, 0.5) is 17.6 Å². The topological polar surface area (TPSA) is 66.4 Å². The average Bonchev–Trinajstić information content (AvgIpc) is 2.37. The van der Waals surface area contributed by atoms with Crippen LogP contribution in [0.2, 0.25) is 0 Å². The summed E-state index contributed by atoms with van der Waals surface area (Å²) in [7, 11) is 0. The predicted octanol–water partition coefficient (Wildman–Crippen LogP) is -1.32. The van der Waals surface area contributed by atoms with Crippen LogP contribution in [0.3, 0.4) is 0 Å². The Kier molecular flexibility index (Phi) is 7.36. The van der Waals surface area contributed by atoms with Crippen molar-refractivity contribution in [3.05, 3.63) is 41.2 Å². The molecule has 0 unspecified atom stereocenters. The molecule has 1 rings (SSSR count). The first-order valence-corrected chi connectivity index (χ1v) is 5.63. The Labute approximate surface area is 134 Å². The zero-order valence-electron chi connectivity index (χ0n) is 11.7. The van der Waals surface area contributed by atoms with Gasteiger partial charge in [0.1, 0.15) is 5.82 Å². The van der Waals surface area contributed by atoms with E-state index in [1.807, 2.05) is 0 Å². The summed E-state index contributed by atoms with van der Waals surface area (Å²) in [6.45, 7) is 1.36. The molecule has 0 aromatic heterocycles. The molecule has 0 fully saturated rings. The van der Waals surface area contributed by atoms with Crippen LogP contribution in [0.5, 0.6) is 0 Å². The van der Waals surface area contributed by atoms with Gasteiger partial charge in [-0.3, -0.25) is 4.79 Å². The molecule has 0 saturated heterocycles. The van der Waals surface area contributed by atoms with E-state index in [4.69, 9.17) is 0 Å². The zero-order valence-corrected chi connectivity index (χ0v) is 11.7. The molecule has 4 nitrogen and oxygen atoms in total. The fourth-order valence-electron chi connectivity index (χ4n) is 1.36. The number of carbonyl (C=O) groups excluding carboxylic acids is 2. The summed E-state index contributed by atoms with van der Waals surface area (Å²) in [5.74, 6) is -5.30. The van der Waals surface area contributed by atoms with Gasteiger partial charge in [-0.05, 0) is 30.7 Å². The smallest absolute Gasteiger partial charge is 0.872 e. The van der Waals surface area contributed by atoms with E-state index in [1.54, 1.807) is 0 Å². The molecule has 0 aliphatic rings. The Morgan fingerprint density at radius 2 is 1.91 bits per heavy atom. The van der Waals surface area contributed by atoms with Crippen molar-refractivity contribution >= 4 is 17.5 Å². The molecule has 0 N–H and O–H groups in total. The molecule has 0 spiro atoms. The van der Waals surface area contributed by atoms with Crippen molar-refractivity contribution < 1.29 is 55.9 Å². The Hall–Kier alpha value is -1.78. The molecule has 22 heavy (non-hydrogen) atoms. The standard InChI is InChI=1S/C13H10F4O4.Li/c1-2-21-12(20)11(19)6-10(18)7-3-4-8(9(14)5-7)13(15,16)17;/h3-6,18H,2H2,1H3;/q;+1/p-1/b10-6+;. The van der Waals surface area contributed by atoms with Crippen molar-refractivity contribution in [2.45, 2.75) is 13.1 Å². The third-order valence-electron chi connectivity index (χ3n) is 2.30. The second-order valence-electron chi connectivity index (χ2n) is 3.79. The Bertz CT molecular complexity index is 596. The first kappa shape index (κ1) is 20.2. The minimum atomic E-state index is -4.89. The van der Waals surface area contributed by atoms with E-state index >= 15 is 0 Å². The van der Waals surface area contributed by atoms with Gasteiger partial charge in [-0.15, -0.1) is 0 Å². The molecular formula is C13H9F4LiO4. The molecule has 0 atom stereocenters. The number of halogens is 4. The molecule has 9 heteroatoms. The number of esters is 1. The van der Waals surface area contributed by atoms with Crippen molar-refractivity contribution in [1.29, 1.82) is 0 Å². The van der Waals surface area contributed by atoms with Gasteiger partial charge in [0, 0.05) is 0 Å². The Balaban J connectivity index is 0.00000441. The van der Waals surface area contributed by atoms with Crippen molar-refractivity contribution in [3.8, 4) is 0 Å². The van der Waals surface area contributed by atoms with Gasteiger partial charge in [-0.1, -0.05) is 11.8 Å². The molecule has 0 aliphatic heterocycles. The maximum atomic E-state index is 13.3. The minimum absolute atomic E-state index is 0. The predicted molar refractivity (Wildman–Crippen MR) is 61.0 cm³/mol. The molecule has 1 aromatic rings. The summed E-state index contributed by atoms with van der Waals surface area (Å²) in [6, 6.07) is 1.44. The molecule has 0 amide bonds. The molecular weight excluding hydrogens is 303 g/mol. The maximum absolute atomic E-state index is 13.3. The number of carbonyl (C=O) groups is 2. The molecule has 0 radical (unpaired) electrons. The summed E-state index contributed by atoms with van der Waals surface area (Å²) in [5, 5.41) is 11.5. The first-order valence-electron chi connectivity index (χ1n) is 5.63. The quantitative estimate of drug-likeness (QED) is 0.173. The van der Waals surface area contributed by atoms with Gasteiger partial charge in [0.2, 0.25) is 0 Å². The van der Waals surface area contributed by atoms with Crippen molar-refractivity contribution in [3.63, 3.8) is 0 Å². The zero-order chi connectivity index (χ0) is 16.2. The van der Waals surface area contributed by atoms with Gasteiger partial charge in [-0.2, -0.15) is 13.2 Å². The van der Waals surface area contributed by atoms with Gasteiger partial charge in [0.05, 0.1) is 12.2 Å². The molecule has 0 bridgehead atoms. The summed E-state index contributed by atoms with van der Waals surface area (Å²) in [6.07, 6.45) is -4.56. The van der Waals surface area contributed by atoms with E-state index in [2.05, 4.69) is 4.74 Å². The number of rotatable bonds is 4. The Morgan fingerprint density at radius 1 is 1.32 bits per heavy atom. The van der Waals surface area contributed by atoms with Gasteiger partial charge in [0.15, 0.2) is 0 Å². The van der Waals surface area contributed by atoms with Crippen LogP contribution in [-0.2, 0) is 20.5 Å². The number of hydrogen-bond acceptors (Lipinski definition) is 4. The van der Waals surface area contributed by atoms with Crippen LogP contribution in [-0.4, -0.2) is 18.4 Å². The van der Waals surface area contributed by atoms with E-state index in [0.29, 0.717) is 24.3 Å². The van der Waals surface area contributed by atoms with Crippen molar-refractivity contribution in [2.24, 2.45) is 0 Å². The number of hydrogen-bond donors (Lipinski definition) is 0. The monoisotopic (exact) mass is 312 g/mol. The second-order valence-corrected chi connectivity index (χ2v) is 3.79. The normalized spacial score (nSPS) is 11.6. The van der Waals surface area contributed by atoms with E-state index in [-0.39, 0.29) is 25.5 Å². The molecule has 0 heterocycles. The fourth-order valence-corrected chi connectivity index (χ4v) is 1.36. The van der Waals surface area contributed by atoms with Crippen LogP contribution < -0.4 is 24.0 Å². The molecule has 0 saturated carbocycles. The molecule has 1 aromatic carbocycles. The summed E-state index contributed by atoms with van der Waals surface area (Å²) in [5.41, 5.74) is -2.02.